The summed E-state index contributed by atoms with van der Waals surface area (Å²) in [7, 11) is 1.94. The summed E-state index contributed by atoms with van der Waals surface area (Å²) in [5.41, 5.74) is 6.63. The van der Waals surface area contributed by atoms with E-state index in [1.807, 2.05) is 68.2 Å². The molecule has 5 rings (SSSR count). The molecule has 0 aliphatic carbocycles. The molecule has 0 spiro atoms. The van der Waals surface area contributed by atoms with Gasteiger partial charge in [-0.2, -0.15) is 10.2 Å². The molecule has 2 aromatic heterocycles. The van der Waals surface area contributed by atoms with Crippen LogP contribution >= 0.6 is 0 Å². The summed E-state index contributed by atoms with van der Waals surface area (Å²) in [5, 5.41) is 8.77. The third-order valence-electron chi connectivity index (χ3n) is 5.69. The molecular weight excluding hydrogens is 381 g/mol. The minimum absolute atomic E-state index is 0.307. The maximum atomic E-state index is 14.9. The first-order valence-corrected chi connectivity index (χ1v) is 9.82. The molecule has 0 N–H and O–H groups in total. The van der Waals surface area contributed by atoms with E-state index in [0.29, 0.717) is 19.0 Å². The van der Waals surface area contributed by atoms with E-state index in [0.717, 1.165) is 39.5 Å². The van der Waals surface area contributed by atoms with E-state index in [1.54, 1.807) is 10.9 Å². The third kappa shape index (κ3) is 3.03. The highest BCUT2D eigenvalue weighted by Crippen LogP contribution is 2.41. The Hall–Kier alpha value is -3.61. The van der Waals surface area contributed by atoms with Gasteiger partial charge in [-0.15, -0.1) is 0 Å². The van der Waals surface area contributed by atoms with E-state index >= 15 is 0 Å². The molecule has 6 nitrogen and oxygen atoms in total. The van der Waals surface area contributed by atoms with Crippen LogP contribution in [0.15, 0.2) is 54.9 Å². The summed E-state index contributed by atoms with van der Waals surface area (Å²) < 4.78 is 24.2. The van der Waals surface area contributed by atoms with Crippen LogP contribution in [0.4, 0.5) is 10.1 Å². The molecule has 30 heavy (non-hydrogen) atoms. The Kier molecular flexibility index (Phi) is 4.31. The van der Waals surface area contributed by atoms with Crippen LogP contribution in [0.3, 0.4) is 0 Å². The number of hydrogen-bond donors (Lipinski definition) is 0. The molecular formula is C23H22FN5O. The van der Waals surface area contributed by atoms with Gasteiger partial charge >= 0.3 is 0 Å². The Bertz CT molecular complexity index is 1230. The Balaban J connectivity index is 1.53. The van der Waals surface area contributed by atoms with E-state index in [2.05, 4.69) is 15.1 Å². The van der Waals surface area contributed by atoms with Crippen molar-refractivity contribution in [3.63, 3.8) is 0 Å². The number of halogens is 1. The number of aryl methyl sites for hydroxylation is 2. The minimum atomic E-state index is -0.353. The number of ether oxygens (including phenoxy) is 1. The predicted molar refractivity (Wildman–Crippen MR) is 113 cm³/mol. The highest BCUT2D eigenvalue weighted by molar-refractivity contribution is 5.75. The molecule has 0 atom stereocenters. The van der Waals surface area contributed by atoms with Gasteiger partial charge in [-0.3, -0.25) is 4.68 Å². The van der Waals surface area contributed by atoms with Crippen LogP contribution in [0.25, 0.3) is 16.8 Å². The van der Waals surface area contributed by atoms with Crippen LogP contribution in [0.1, 0.15) is 17.0 Å². The summed E-state index contributed by atoms with van der Waals surface area (Å²) in [6.07, 6.45) is 3.62. The Morgan fingerprint density at radius 2 is 1.97 bits per heavy atom. The molecule has 3 heterocycles. The van der Waals surface area contributed by atoms with Crippen LogP contribution < -0.4 is 9.64 Å². The van der Waals surface area contributed by atoms with Crippen molar-refractivity contribution in [2.45, 2.75) is 20.4 Å². The highest BCUT2D eigenvalue weighted by atomic mass is 19.1. The fourth-order valence-electron chi connectivity index (χ4n) is 3.95. The van der Waals surface area contributed by atoms with Crippen molar-refractivity contribution >= 4 is 5.69 Å². The number of nitrogens with zero attached hydrogens (tertiary/aromatic N) is 5. The Morgan fingerprint density at radius 1 is 1.10 bits per heavy atom. The Morgan fingerprint density at radius 3 is 2.70 bits per heavy atom. The van der Waals surface area contributed by atoms with E-state index in [9.17, 15) is 4.39 Å². The first kappa shape index (κ1) is 18.4. The lowest BCUT2D eigenvalue weighted by Gasteiger charge is -2.18. The molecule has 152 valence electrons. The molecule has 1 aliphatic rings. The predicted octanol–water partition coefficient (Wildman–Crippen LogP) is 4.39. The maximum Gasteiger partial charge on any atom is 0.181 e. The summed E-state index contributed by atoms with van der Waals surface area (Å²) in [6.45, 7) is 4.98. The average Bonchev–Trinajstić information content (AvgIpc) is 3.46. The van der Waals surface area contributed by atoms with E-state index in [4.69, 9.17) is 4.74 Å². The number of rotatable bonds is 4. The van der Waals surface area contributed by atoms with Crippen molar-refractivity contribution in [1.82, 2.24) is 19.6 Å². The van der Waals surface area contributed by atoms with Gasteiger partial charge in [0, 0.05) is 37.2 Å². The normalized spacial score (nSPS) is 12.9. The molecule has 0 fully saturated rings. The number of aromatic nitrogens is 4. The average molecular weight is 403 g/mol. The summed E-state index contributed by atoms with van der Waals surface area (Å²) in [6, 6.07) is 13.3. The Labute approximate surface area is 174 Å². The number of benzene rings is 2. The van der Waals surface area contributed by atoms with Gasteiger partial charge < -0.3 is 9.64 Å². The van der Waals surface area contributed by atoms with Crippen molar-refractivity contribution in [2.75, 3.05) is 11.6 Å². The van der Waals surface area contributed by atoms with Crippen molar-refractivity contribution in [2.24, 2.45) is 7.05 Å². The van der Waals surface area contributed by atoms with Crippen LogP contribution in [-0.4, -0.2) is 26.3 Å². The molecule has 4 aromatic rings. The van der Waals surface area contributed by atoms with Crippen LogP contribution in [-0.2, 0) is 13.6 Å². The molecule has 0 bridgehead atoms. The van der Waals surface area contributed by atoms with E-state index in [-0.39, 0.29) is 5.82 Å². The zero-order chi connectivity index (χ0) is 20.8. The topological polar surface area (TPSA) is 48.1 Å². The first-order chi connectivity index (χ1) is 14.5. The van der Waals surface area contributed by atoms with Gasteiger partial charge in [0.25, 0.3) is 0 Å². The first-order valence-electron chi connectivity index (χ1n) is 9.82. The largest absolute Gasteiger partial charge is 0.468 e. The lowest BCUT2D eigenvalue weighted by Crippen LogP contribution is -2.22. The quantitative estimate of drug-likeness (QED) is 0.507. The second-order valence-corrected chi connectivity index (χ2v) is 7.55. The smallest absolute Gasteiger partial charge is 0.181 e. The fraction of sp³-hybridized carbons (Fsp3) is 0.217. The number of anilines is 1. The van der Waals surface area contributed by atoms with Crippen LogP contribution in [0, 0.1) is 19.7 Å². The molecule has 2 aromatic carbocycles. The second kappa shape index (κ2) is 7.02. The highest BCUT2D eigenvalue weighted by Gasteiger charge is 2.27. The zero-order valence-electron chi connectivity index (χ0n) is 17.1. The van der Waals surface area contributed by atoms with Crippen molar-refractivity contribution in [3.8, 4) is 22.6 Å². The molecule has 1 aliphatic heterocycles. The monoisotopic (exact) mass is 403 g/mol. The summed E-state index contributed by atoms with van der Waals surface area (Å²) >= 11 is 0. The zero-order valence-corrected chi connectivity index (χ0v) is 17.1. The van der Waals surface area contributed by atoms with Gasteiger partial charge in [0.2, 0.25) is 0 Å². The minimum Gasteiger partial charge on any atom is -0.468 e. The molecule has 0 saturated heterocycles. The molecule has 0 saturated carbocycles. The second-order valence-electron chi connectivity index (χ2n) is 7.55. The van der Waals surface area contributed by atoms with Gasteiger partial charge in [0.15, 0.2) is 18.3 Å². The van der Waals surface area contributed by atoms with Gasteiger partial charge in [0.05, 0.1) is 17.1 Å². The van der Waals surface area contributed by atoms with Gasteiger partial charge in [0.1, 0.15) is 0 Å². The van der Waals surface area contributed by atoms with Crippen molar-refractivity contribution < 1.29 is 9.13 Å². The lowest BCUT2D eigenvalue weighted by molar-refractivity contribution is 0.330. The van der Waals surface area contributed by atoms with E-state index in [1.165, 1.54) is 6.07 Å². The van der Waals surface area contributed by atoms with Gasteiger partial charge in [-0.1, -0.05) is 12.1 Å². The lowest BCUT2D eigenvalue weighted by atomic mass is 10.0. The molecule has 0 amide bonds. The molecule has 7 heteroatoms. The maximum absolute atomic E-state index is 14.9. The van der Waals surface area contributed by atoms with Crippen molar-refractivity contribution in [1.29, 1.82) is 0 Å². The summed E-state index contributed by atoms with van der Waals surface area (Å²) in [4.78, 5) is 2.05. The fourth-order valence-corrected chi connectivity index (χ4v) is 3.95. The third-order valence-corrected chi connectivity index (χ3v) is 5.69. The van der Waals surface area contributed by atoms with Crippen LogP contribution in [0.5, 0.6) is 5.75 Å². The number of fused-ring (bicyclic) bond motifs is 1. The molecule has 0 unspecified atom stereocenters. The summed E-state index contributed by atoms with van der Waals surface area (Å²) in [5.74, 6) is -0.0460. The van der Waals surface area contributed by atoms with Crippen molar-refractivity contribution in [3.05, 3.63) is 77.6 Å². The molecule has 0 radical (unpaired) electrons. The number of hydrogen-bond acceptors (Lipinski definition) is 4. The SMILES string of the molecule is Cc1nn(C)c(C)c1CN1COc2c(F)cc(-c3cccc(-n4cccn4)c3)cc21. The van der Waals surface area contributed by atoms with Crippen LogP contribution in [0.2, 0.25) is 0 Å². The standard InChI is InChI=1S/C23H22FN5O/c1-15-20(16(2)27(3)26-15)13-28-14-30-23-21(24)11-18(12-22(23)28)17-6-4-7-19(10-17)29-9-5-8-25-29/h4-12H,13-14H2,1-3H3. The van der Waals surface area contributed by atoms with E-state index < -0.39 is 0 Å². The van der Waals surface area contributed by atoms with Gasteiger partial charge in [-0.05, 0) is 55.3 Å². The van der Waals surface area contributed by atoms with Gasteiger partial charge in [-0.25, -0.2) is 9.07 Å².